The highest BCUT2D eigenvalue weighted by Crippen LogP contribution is 2.18. The molecule has 0 radical (unpaired) electrons. The van der Waals surface area contributed by atoms with Crippen LogP contribution < -0.4 is 5.32 Å². The van der Waals surface area contributed by atoms with Gasteiger partial charge >= 0.3 is 0 Å². The minimum Gasteiger partial charge on any atom is -0.312 e. The lowest BCUT2D eigenvalue weighted by Crippen LogP contribution is -2.37. The molecule has 3 nitrogen and oxygen atoms in total. The molecule has 0 saturated carbocycles. The Kier molecular flexibility index (Phi) is 5.00. The number of halogens is 2. The Morgan fingerprint density at radius 2 is 1.86 bits per heavy atom. The molecule has 1 aromatic heterocycles. The number of rotatable bonds is 5. The molecule has 1 heterocycles. The lowest BCUT2D eigenvalue weighted by atomic mass is 10.1. The van der Waals surface area contributed by atoms with E-state index in [2.05, 4.69) is 36.3 Å². The highest BCUT2D eigenvalue weighted by molar-refractivity contribution is 7.11. The summed E-state index contributed by atoms with van der Waals surface area (Å²) in [6, 6.07) is 3.60. The molecule has 0 amide bonds. The van der Waals surface area contributed by atoms with Gasteiger partial charge in [0.25, 0.3) is 0 Å². The van der Waals surface area contributed by atoms with E-state index >= 15 is 0 Å². The fourth-order valence-corrected chi connectivity index (χ4v) is 2.70. The van der Waals surface area contributed by atoms with E-state index in [0.717, 1.165) is 29.0 Å². The normalized spacial score (nSPS) is 11.9. The molecule has 0 bridgehead atoms. The molecule has 0 aliphatic rings. The molecule has 21 heavy (non-hydrogen) atoms. The van der Waals surface area contributed by atoms with Gasteiger partial charge in [-0.15, -0.1) is 21.5 Å². The maximum Gasteiger partial charge on any atom is 0.129 e. The van der Waals surface area contributed by atoms with E-state index in [1.54, 1.807) is 0 Å². The topological polar surface area (TPSA) is 37.8 Å². The van der Waals surface area contributed by atoms with Gasteiger partial charge in [0.2, 0.25) is 0 Å². The van der Waals surface area contributed by atoms with Crippen molar-refractivity contribution < 1.29 is 8.78 Å². The first-order valence-electron chi connectivity index (χ1n) is 6.84. The van der Waals surface area contributed by atoms with Crippen molar-refractivity contribution in [3.8, 4) is 0 Å². The summed E-state index contributed by atoms with van der Waals surface area (Å²) in [5.41, 5.74) is 0.511. The summed E-state index contributed by atoms with van der Waals surface area (Å²) in [5.74, 6) is -1.11. The van der Waals surface area contributed by atoms with E-state index in [1.807, 2.05) is 0 Å². The van der Waals surface area contributed by atoms with Crippen molar-refractivity contribution in [2.75, 3.05) is 6.54 Å². The first-order chi connectivity index (χ1) is 9.83. The van der Waals surface area contributed by atoms with E-state index in [1.165, 1.54) is 23.5 Å². The Labute approximate surface area is 127 Å². The van der Waals surface area contributed by atoms with Crippen molar-refractivity contribution in [2.45, 2.75) is 39.2 Å². The van der Waals surface area contributed by atoms with Gasteiger partial charge in [-0.25, -0.2) is 8.78 Å². The van der Waals surface area contributed by atoms with Crippen molar-refractivity contribution in [3.63, 3.8) is 0 Å². The molecule has 6 heteroatoms. The van der Waals surface area contributed by atoms with Crippen LogP contribution in [0.25, 0.3) is 0 Å². The van der Waals surface area contributed by atoms with Gasteiger partial charge in [0, 0.05) is 31.0 Å². The first kappa shape index (κ1) is 16.0. The predicted octanol–water partition coefficient (Wildman–Crippen LogP) is 3.34. The lowest BCUT2D eigenvalue weighted by Gasteiger charge is -2.19. The number of hydrogen-bond acceptors (Lipinski definition) is 4. The quantitative estimate of drug-likeness (QED) is 0.920. The van der Waals surface area contributed by atoms with E-state index in [9.17, 15) is 8.78 Å². The molecule has 0 unspecified atom stereocenters. The SMILES string of the molecule is CC(C)(C)NCCc1nnc(Cc2ccc(F)cc2F)s1. The minimum absolute atomic E-state index is 0.0742. The maximum atomic E-state index is 13.6. The van der Waals surface area contributed by atoms with Crippen LogP contribution in [0.4, 0.5) is 8.78 Å². The first-order valence-corrected chi connectivity index (χ1v) is 7.65. The summed E-state index contributed by atoms with van der Waals surface area (Å²) >= 11 is 1.47. The zero-order valence-corrected chi connectivity index (χ0v) is 13.2. The third kappa shape index (κ3) is 5.13. The Bertz CT molecular complexity index is 605. The van der Waals surface area contributed by atoms with Gasteiger partial charge in [-0.05, 0) is 32.4 Å². The standard InChI is InChI=1S/C15H19F2N3S/c1-15(2,3)18-7-6-13-19-20-14(21-13)8-10-4-5-11(16)9-12(10)17/h4-5,9,18H,6-8H2,1-3H3. The predicted molar refractivity (Wildman–Crippen MR) is 80.5 cm³/mol. The number of nitrogens with one attached hydrogen (secondary N) is 1. The zero-order chi connectivity index (χ0) is 15.5. The van der Waals surface area contributed by atoms with Crippen molar-refractivity contribution in [1.82, 2.24) is 15.5 Å². The molecule has 0 aliphatic carbocycles. The summed E-state index contributed by atoms with van der Waals surface area (Å²) in [6.07, 6.45) is 1.14. The van der Waals surface area contributed by atoms with Crippen LogP contribution in [0.5, 0.6) is 0 Å². The number of aromatic nitrogens is 2. The number of benzene rings is 1. The summed E-state index contributed by atoms with van der Waals surface area (Å²) in [6.45, 7) is 7.14. The van der Waals surface area contributed by atoms with Gasteiger partial charge in [0.15, 0.2) is 0 Å². The van der Waals surface area contributed by atoms with Gasteiger partial charge in [-0.1, -0.05) is 6.07 Å². The molecule has 114 valence electrons. The van der Waals surface area contributed by atoms with Gasteiger partial charge < -0.3 is 5.32 Å². The van der Waals surface area contributed by atoms with E-state index < -0.39 is 11.6 Å². The lowest BCUT2D eigenvalue weighted by molar-refractivity contribution is 0.429. The average molecular weight is 311 g/mol. The van der Waals surface area contributed by atoms with Crippen LogP contribution in [0, 0.1) is 11.6 Å². The fraction of sp³-hybridized carbons (Fsp3) is 0.467. The molecule has 0 spiro atoms. The average Bonchev–Trinajstić information content (AvgIpc) is 2.79. The van der Waals surface area contributed by atoms with Gasteiger partial charge in [-0.3, -0.25) is 0 Å². The van der Waals surface area contributed by atoms with Crippen molar-refractivity contribution >= 4 is 11.3 Å². The van der Waals surface area contributed by atoms with Gasteiger partial charge in [0.05, 0.1) is 0 Å². The third-order valence-corrected chi connectivity index (χ3v) is 3.84. The molecule has 2 aromatic rings. The number of nitrogens with zero attached hydrogens (tertiary/aromatic N) is 2. The monoisotopic (exact) mass is 311 g/mol. The molecule has 0 atom stereocenters. The zero-order valence-electron chi connectivity index (χ0n) is 12.4. The van der Waals surface area contributed by atoms with Crippen LogP contribution in [0.3, 0.4) is 0 Å². The van der Waals surface area contributed by atoms with Crippen LogP contribution in [-0.2, 0) is 12.8 Å². The Morgan fingerprint density at radius 3 is 2.52 bits per heavy atom. The minimum atomic E-state index is -0.567. The van der Waals surface area contributed by atoms with Crippen molar-refractivity contribution in [1.29, 1.82) is 0 Å². The Balaban J connectivity index is 1.94. The summed E-state index contributed by atoms with van der Waals surface area (Å²) in [7, 11) is 0. The maximum absolute atomic E-state index is 13.6. The largest absolute Gasteiger partial charge is 0.312 e. The fourth-order valence-electron chi connectivity index (χ4n) is 1.83. The molecule has 0 fully saturated rings. The summed E-state index contributed by atoms with van der Waals surface area (Å²) in [4.78, 5) is 0. The molecular weight excluding hydrogens is 292 g/mol. The second kappa shape index (κ2) is 6.58. The van der Waals surface area contributed by atoms with Gasteiger partial charge in [0.1, 0.15) is 21.6 Å². The molecule has 0 aliphatic heterocycles. The van der Waals surface area contributed by atoms with Crippen molar-refractivity contribution in [3.05, 3.63) is 45.4 Å². The van der Waals surface area contributed by atoms with Gasteiger partial charge in [-0.2, -0.15) is 0 Å². The van der Waals surface area contributed by atoms with Crippen LogP contribution in [-0.4, -0.2) is 22.3 Å². The Morgan fingerprint density at radius 1 is 1.14 bits per heavy atom. The summed E-state index contributed by atoms with van der Waals surface area (Å²) in [5, 5.41) is 13.2. The third-order valence-electron chi connectivity index (χ3n) is 2.86. The van der Waals surface area contributed by atoms with E-state index in [0.29, 0.717) is 12.0 Å². The van der Waals surface area contributed by atoms with E-state index in [4.69, 9.17) is 0 Å². The second-order valence-corrected chi connectivity index (χ2v) is 7.08. The Hall–Kier alpha value is -1.40. The van der Waals surface area contributed by atoms with Crippen LogP contribution in [0.2, 0.25) is 0 Å². The molecule has 0 saturated heterocycles. The highest BCUT2D eigenvalue weighted by Gasteiger charge is 2.11. The molecular formula is C15H19F2N3S. The molecule has 1 N–H and O–H groups in total. The van der Waals surface area contributed by atoms with Crippen LogP contribution >= 0.6 is 11.3 Å². The van der Waals surface area contributed by atoms with E-state index in [-0.39, 0.29) is 5.54 Å². The number of hydrogen-bond donors (Lipinski definition) is 1. The summed E-state index contributed by atoms with van der Waals surface area (Å²) < 4.78 is 26.4. The highest BCUT2D eigenvalue weighted by atomic mass is 32.1. The molecule has 2 rings (SSSR count). The second-order valence-electron chi connectivity index (χ2n) is 5.93. The smallest absolute Gasteiger partial charge is 0.129 e. The van der Waals surface area contributed by atoms with Crippen LogP contribution in [0.15, 0.2) is 18.2 Å². The van der Waals surface area contributed by atoms with Crippen molar-refractivity contribution in [2.24, 2.45) is 0 Å². The van der Waals surface area contributed by atoms with Crippen LogP contribution in [0.1, 0.15) is 36.3 Å². The molecule has 1 aromatic carbocycles.